The van der Waals surface area contributed by atoms with E-state index in [4.69, 9.17) is 0 Å². The predicted octanol–water partition coefficient (Wildman–Crippen LogP) is 2.89. The van der Waals surface area contributed by atoms with Crippen LogP contribution >= 0.6 is 0 Å². The molecule has 0 amide bonds. The summed E-state index contributed by atoms with van der Waals surface area (Å²) in [6, 6.07) is 0. The molecule has 0 aromatic heterocycles. The number of hydrogen-bond donors (Lipinski definition) is 0. The van der Waals surface area contributed by atoms with Crippen molar-refractivity contribution in [2.24, 2.45) is 11.8 Å². The molecule has 0 heterocycles. The molecule has 2 unspecified atom stereocenters. The fourth-order valence-corrected chi connectivity index (χ4v) is 1.88. The van der Waals surface area contributed by atoms with Crippen LogP contribution in [0.1, 0.15) is 47.0 Å². The van der Waals surface area contributed by atoms with Crippen molar-refractivity contribution < 1.29 is 0 Å². The Morgan fingerprint density at radius 3 is 2.00 bits per heavy atom. The van der Waals surface area contributed by atoms with E-state index in [2.05, 4.69) is 35.5 Å². The molecule has 2 atom stereocenters. The molecule has 0 aromatic carbocycles. The first kappa shape index (κ1) is 11.1. The third kappa shape index (κ3) is 4.50. The summed E-state index contributed by atoms with van der Waals surface area (Å²) in [5.41, 5.74) is 0. The Morgan fingerprint density at radius 2 is 1.73 bits per heavy atom. The van der Waals surface area contributed by atoms with Gasteiger partial charge in [0.1, 0.15) is 7.85 Å². The lowest BCUT2D eigenvalue weighted by molar-refractivity contribution is 0.340. The van der Waals surface area contributed by atoms with Crippen LogP contribution in [0.5, 0.6) is 0 Å². The van der Waals surface area contributed by atoms with Crippen LogP contribution in [0.2, 0.25) is 5.82 Å². The van der Waals surface area contributed by atoms with E-state index in [1.807, 2.05) is 0 Å². The summed E-state index contributed by atoms with van der Waals surface area (Å²) in [5, 5.41) is 0. The van der Waals surface area contributed by atoms with Crippen molar-refractivity contribution in [3.8, 4) is 0 Å². The molecule has 0 nitrogen and oxygen atoms in total. The lowest BCUT2D eigenvalue weighted by atomic mass is 9.71. The second-order valence-corrected chi connectivity index (χ2v) is 4.29. The highest BCUT2D eigenvalue weighted by Crippen LogP contribution is 2.27. The molecule has 0 bridgehead atoms. The molecule has 66 valence electrons. The van der Waals surface area contributed by atoms with Crippen LogP contribution in [0.25, 0.3) is 0 Å². The highest BCUT2D eigenvalue weighted by molar-refractivity contribution is 6.11. The van der Waals surface area contributed by atoms with Gasteiger partial charge in [0.15, 0.2) is 0 Å². The van der Waals surface area contributed by atoms with E-state index in [-0.39, 0.29) is 0 Å². The van der Waals surface area contributed by atoms with Gasteiger partial charge in [-0.1, -0.05) is 52.8 Å². The van der Waals surface area contributed by atoms with Gasteiger partial charge in [-0.15, -0.1) is 0 Å². The molecule has 0 spiro atoms. The summed E-state index contributed by atoms with van der Waals surface area (Å²) >= 11 is 0. The van der Waals surface area contributed by atoms with E-state index in [0.717, 1.165) is 17.7 Å². The molecule has 0 fully saturated rings. The first-order chi connectivity index (χ1) is 5.09. The van der Waals surface area contributed by atoms with Crippen LogP contribution in [0.4, 0.5) is 0 Å². The largest absolute Gasteiger partial charge is 0.105 e. The quantitative estimate of drug-likeness (QED) is 0.534. The number of hydrogen-bond acceptors (Lipinski definition) is 0. The fourth-order valence-electron chi connectivity index (χ4n) is 1.88. The maximum atomic E-state index is 2.35. The van der Waals surface area contributed by atoms with Gasteiger partial charge in [-0.25, -0.2) is 0 Å². The summed E-state index contributed by atoms with van der Waals surface area (Å²) in [6.07, 6.45) is 4.17. The molecular formula is C10H23B. The van der Waals surface area contributed by atoms with Gasteiger partial charge in [0.2, 0.25) is 0 Å². The topological polar surface area (TPSA) is 0 Å². The van der Waals surface area contributed by atoms with Crippen molar-refractivity contribution >= 4 is 7.85 Å². The van der Waals surface area contributed by atoms with E-state index in [1.54, 1.807) is 0 Å². The van der Waals surface area contributed by atoms with E-state index >= 15 is 0 Å². The molecule has 0 aliphatic heterocycles. The van der Waals surface area contributed by atoms with Crippen molar-refractivity contribution in [1.82, 2.24) is 0 Å². The summed E-state index contributed by atoms with van der Waals surface area (Å²) in [5.74, 6) is 2.66. The van der Waals surface area contributed by atoms with Gasteiger partial charge in [0.05, 0.1) is 0 Å². The Hall–Kier alpha value is 0.0649. The Bertz CT molecular complexity index is 78.9. The minimum atomic E-state index is 0.863. The highest BCUT2D eigenvalue weighted by Gasteiger charge is 2.15. The number of rotatable bonds is 5. The molecule has 0 aliphatic rings. The summed E-state index contributed by atoms with van der Waals surface area (Å²) in [4.78, 5) is 0. The van der Waals surface area contributed by atoms with E-state index < -0.39 is 0 Å². The summed E-state index contributed by atoms with van der Waals surface area (Å²) in [6.45, 7) is 9.32. The van der Waals surface area contributed by atoms with Gasteiger partial charge in [0, 0.05) is 0 Å². The first-order valence-corrected chi connectivity index (χ1v) is 5.09. The van der Waals surface area contributed by atoms with Crippen LogP contribution < -0.4 is 0 Å². The van der Waals surface area contributed by atoms with E-state index in [1.165, 1.54) is 19.3 Å². The van der Waals surface area contributed by atoms with Gasteiger partial charge in [0.25, 0.3) is 0 Å². The van der Waals surface area contributed by atoms with Gasteiger partial charge in [-0.2, -0.15) is 0 Å². The second kappa shape index (κ2) is 5.68. The summed E-state index contributed by atoms with van der Waals surface area (Å²) < 4.78 is 0. The average Bonchev–Trinajstić information content (AvgIpc) is 1.87. The molecule has 0 rings (SSSR count). The Kier molecular flexibility index (Phi) is 5.72. The maximum Gasteiger partial charge on any atom is 0.105 e. The minimum absolute atomic E-state index is 0.863. The molecule has 0 N–H and O–H groups in total. The molecule has 0 saturated carbocycles. The van der Waals surface area contributed by atoms with Crippen LogP contribution in [-0.4, -0.2) is 7.85 Å². The fraction of sp³-hybridized carbons (Fsp3) is 1.00. The number of unbranched alkanes of at least 4 members (excludes halogenated alkanes) is 1. The van der Waals surface area contributed by atoms with Gasteiger partial charge < -0.3 is 0 Å². The molecule has 11 heavy (non-hydrogen) atoms. The van der Waals surface area contributed by atoms with Gasteiger partial charge >= 0.3 is 0 Å². The van der Waals surface area contributed by atoms with Crippen molar-refractivity contribution in [1.29, 1.82) is 0 Å². The monoisotopic (exact) mass is 154 g/mol. The van der Waals surface area contributed by atoms with E-state index in [0.29, 0.717) is 0 Å². The van der Waals surface area contributed by atoms with Crippen LogP contribution in [0.15, 0.2) is 0 Å². The van der Waals surface area contributed by atoms with Crippen LogP contribution in [-0.2, 0) is 0 Å². The highest BCUT2D eigenvalue weighted by atomic mass is 14.2. The third-order valence-electron chi connectivity index (χ3n) is 2.60. The van der Waals surface area contributed by atoms with Gasteiger partial charge in [-0.05, 0) is 11.8 Å². The van der Waals surface area contributed by atoms with Crippen molar-refractivity contribution in [3.63, 3.8) is 0 Å². The van der Waals surface area contributed by atoms with E-state index in [9.17, 15) is 0 Å². The smallest absolute Gasteiger partial charge is 0.0695 e. The van der Waals surface area contributed by atoms with Crippen LogP contribution in [0.3, 0.4) is 0 Å². The predicted molar refractivity (Wildman–Crippen MR) is 55.8 cm³/mol. The zero-order chi connectivity index (χ0) is 8.85. The summed E-state index contributed by atoms with van der Waals surface area (Å²) in [7, 11) is 2.35. The van der Waals surface area contributed by atoms with Crippen molar-refractivity contribution in [2.45, 2.75) is 52.8 Å². The molecular weight excluding hydrogens is 131 g/mol. The minimum Gasteiger partial charge on any atom is -0.0695 e. The maximum absolute atomic E-state index is 2.35. The van der Waals surface area contributed by atoms with Crippen molar-refractivity contribution in [2.75, 3.05) is 0 Å². The molecule has 0 aliphatic carbocycles. The zero-order valence-corrected chi connectivity index (χ0v) is 8.85. The average molecular weight is 154 g/mol. The lowest BCUT2D eigenvalue weighted by Gasteiger charge is -2.24. The van der Waals surface area contributed by atoms with Gasteiger partial charge in [-0.3, -0.25) is 0 Å². The van der Waals surface area contributed by atoms with Crippen LogP contribution in [0, 0.1) is 11.8 Å². The normalized spacial score (nSPS) is 16.8. The lowest BCUT2D eigenvalue weighted by Crippen LogP contribution is -2.13. The molecule has 0 aromatic rings. The first-order valence-electron chi connectivity index (χ1n) is 5.09. The Balaban J connectivity index is 3.70. The SMILES string of the molecule is BC(C)C(CCCC)C(C)C. The zero-order valence-electron chi connectivity index (χ0n) is 8.85. The molecule has 0 radical (unpaired) electrons. The standard InChI is InChI=1S/C10H23B/c1-5-6-7-10(8(2)3)9(4)11/h8-10H,5-7,11H2,1-4H3. The second-order valence-electron chi connectivity index (χ2n) is 4.29. The van der Waals surface area contributed by atoms with Crippen molar-refractivity contribution in [3.05, 3.63) is 0 Å². The third-order valence-corrected chi connectivity index (χ3v) is 2.60. The Morgan fingerprint density at radius 1 is 1.18 bits per heavy atom. The molecule has 1 heteroatoms. The molecule has 0 saturated heterocycles. The Labute approximate surface area is 73.2 Å².